The van der Waals surface area contributed by atoms with Crippen LogP contribution in [0.15, 0.2) is 24.3 Å². The fourth-order valence-electron chi connectivity index (χ4n) is 3.15. The number of likely N-dealkylation sites (tertiary alicyclic amines) is 1. The summed E-state index contributed by atoms with van der Waals surface area (Å²) >= 11 is 0. The standard InChI is InChI=1S/C19H27NO5/c1-13(2)15-6-5-7-16(10-15)25-14(3)17(21)20-9-8-19(11-20,12-24-4)18(22)23/h5-7,10,13-14H,8-9,11-12H2,1-4H3,(H,22,23). The molecule has 1 heterocycles. The molecule has 1 saturated heterocycles. The summed E-state index contributed by atoms with van der Waals surface area (Å²) in [5.41, 5.74) is 0.116. The SMILES string of the molecule is COCC1(C(=O)O)CCN(C(=O)C(C)Oc2cccc(C(C)C)c2)C1. The molecule has 1 aliphatic rings. The van der Waals surface area contributed by atoms with Crippen LogP contribution in [-0.2, 0) is 14.3 Å². The molecule has 1 aliphatic heterocycles. The zero-order chi connectivity index (χ0) is 18.6. The summed E-state index contributed by atoms with van der Waals surface area (Å²) in [6, 6.07) is 7.69. The molecule has 0 saturated carbocycles. The number of carboxylic acids is 1. The number of carbonyl (C=O) groups excluding carboxylic acids is 1. The van der Waals surface area contributed by atoms with Crippen molar-refractivity contribution in [1.82, 2.24) is 4.90 Å². The van der Waals surface area contributed by atoms with Crippen LogP contribution in [0.2, 0.25) is 0 Å². The molecular weight excluding hydrogens is 322 g/mol. The van der Waals surface area contributed by atoms with E-state index >= 15 is 0 Å². The van der Waals surface area contributed by atoms with Gasteiger partial charge in [0.25, 0.3) is 5.91 Å². The van der Waals surface area contributed by atoms with Gasteiger partial charge in [0, 0.05) is 20.2 Å². The summed E-state index contributed by atoms with van der Waals surface area (Å²) in [6.45, 7) is 6.53. The molecule has 1 amide bonds. The maximum absolute atomic E-state index is 12.7. The molecule has 0 bridgehead atoms. The Bertz CT molecular complexity index is 630. The Morgan fingerprint density at radius 3 is 2.64 bits per heavy atom. The first kappa shape index (κ1) is 19.2. The monoisotopic (exact) mass is 349 g/mol. The molecule has 0 aliphatic carbocycles. The fourth-order valence-corrected chi connectivity index (χ4v) is 3.15. The lowest BCUT2D eigenvalue weighted by atomic mass is 9.88. The Labute approximate surface area is 148 Å². The molecule has 6 heteroatoms. The highest BCUT2D eigenvalue weighted by Gasteiger charge is 2.47. The Morgan fingerprint density at radius 2 is 2.04 bits per heavy atom. The average Bonchev–Trinajstić information content (AvgIpc) is 3.00. The summed E-state index contributed by atoms with van der Waals surface area (Å²) in [4.78, 5) is 25.8. The van der Waals surface area contributed by atoms with Gasteiger partial charge in [0.1, 0.15) is 11.2 Å². The first-order chi connectivity index (χ1) is 11.8. The predicted octanol–water partition coefficient (Wildman–Crippen LogP) is 2.53. The molecule has 6 nitrogen and oxygen atoms in total. The van der Waals surface area contributed by atoms with Crippen LogP contribution in [0.4, 0.5) is 0 Å². The molecule has 2 rings (SSSR count). The lowest BCUT2D eigenvalue weighted by Crippen LogP contribution is -2.43. The number of aliphatic carboxylic acids is 1. The zero-order valence-electron chi connectivity index (χ0n) is 15.3. The summed E-state index contributed by atoms with van der Waals surface area (Å²) in [5, 5.41) is 9.50. The number of carboxylic acid groups (broad SMARTS) is 1. The largest absolute Gasteiger partial charge is 0.481 e. The number of carbonyl (C=O) groups is 2. The molecule has 1 aromatic rings. The Morgan fingerprint density at radius 1 is 1.32 bits per heavy atom. The minimum Gasteiger partial charge on any atom is -0.481 e. The summed E-state index contributed by atoms with van der Waals surface area (Å²) in [5.74, 6) is -0.108. The van der Waals surface area contributed by atoms with E-state index in [0.717, 1.165) is 5.56 Å². The van der Waals surface area contributed by atoms with Crippen molar-refractivity contribution in [3.05, 3.63) is 29.8 Å². The molecule has 1 fully saturated rings. The number of ether oxygens (including phenoxy) is 2. The molecule has 25 heavy (non-hydrogen) atoms. The molecule has 138 valence electrons. The van der Waals surface area contributed by atoms with Crippen molar-refractivity contribution in [2.45, 2.75) is 39.2 Å². The van der Waals surface area contributed by atoms with Crippen molar-refractivity contribution in [3.8, 4) is 5.75 Å². The minimum absolute atomic E-state index is 0.0950. The number of hydrogen-bond donors (Lipinski definition) is 1. The maximum Gasteiger partial charge on any atom is 0.313 e. The smallest absolute Gasteiger partial charge is 0.313 e. The third kappa shape index (κ3) is 4.31. The number of benzene rings is 1. The number of nitrogens with zero attached hydrogens (tertiary/aromatic N) is 1. The molecule has 0 aromatic heterocycles. The third-order valence-corrected chi connectivity index (χ3v) is 4.73. The summed E-state index contributed by atoms with van der Waals surface area (Å²) in [6.07, 6.45) is -0.285. The lowest BCUT2D eigenvalue weighted by molar-refractivity contribution is -0.152. The number of methoxy groups -OCH3 is 1. The van der Waals surface area contributed by atoms with E-state index in [0.29, 0.717) is 24.6 Å². The lowest BCUT2D eigenvalue weighted by Gasteiger charge is -2.25. The highest BCUT2D eigenvalue weighted by atomic mass is 16.5. The number of amides is 1. The summed E-state index contributed by atoms with van der Waals surface area (Å²) in [7, 11) is 1.47. The van der Waals surface area contributed by atoms with E-state index in [1.807, 2.05) is 24.3 Å². The fraction of sp³-hybridized carbons (Fsp3) is 0.579. The molecular formula is C19H27NO5. The average molecular weight is 349 g/mol. The van der Waals surface area contributed by atoms with E-state index in [4.69, 9.17) is 9.47 Å². The van der Waals surface area contributed by atoms with E-state index < -0.39 is 17.5 Å². The quantitative estimate of drug-likeness (QED) is 0.819. The van der Waals surface area contributed by atoms with Crippen molar-refractivity contribution >= 4 is 11.9 Å². The molecule has 2 atom stereocenters. The van der Waals surface area contributed by atoms with Gasteiger partial charge in [-0.25, -0.2) is 0 Å². The first-order valence-electron chi connectivity index (χ1n) is 8.57. The van der Waals surface area contributed by atoms with Gasteiger partial charge in [0.05, 0.1) is 6.61 Å². The van der Waals surface area contributed by atoms with Crippen molar-refractivity contribution in [2.24, 2.45) is 5.41 Å². The van der Waals surface area contributed by atoms with Crippen molar-refractivity contribution in [2.75, 3.05) is 26.8 Å². The van der Waals surface area contributed by atoms with Gasteiger partial charge in [0.15, 0.2) is 6.10 Å². The Kier molecular flexibility index (Phi) is 6.06. The predicted molar refractivity (Wildman–Crippen MR) is 93.8 cm³/mol. The van der Waals surface area contributed by atoms with Crippen LogP contribution in [0, 0.1) is 5.41 Å². The van der Waals surface area contributed by atoms with Crippen molar-refractivity contribution < 1.29 is 24.2 Å². The Hall–Kier alpha value is -2.08. The van der Waals surface area contributed by atoms with Crippen LogP contribution in [0.25, 0.3) is 0 Å². The van der Waals surface area contributed by atoms with Crippen LogP contribution in [0.3, 0.4) is 0 Å². The molecule has 0 radical (unpaired) electrons. The molecule has 0 spiro atoms. The number of hydrogen-bond acceptors (Lipinski definition) is 4. The van der Waals surface area contributed by atoms with Gasteiger partial charge in [-0.15, -0.1) is 0 Å². The van der Waals surface area contributed by atoms with Gasteiger partial charge in [-0.2, -0.15) is 0 Å². The second kappa shape index (κ2) is 7.87. The van der Waals surface area contributed by atoms with Gasteiger partial charge < -0.3 is 19.5 Å². The van der Waals surface area contributed by atoms with Crippen LogP contribution in [-0.4, -0.2) is 54.8 Å². The van der Waals surface area contributed by atoms with Gasteiger partial charge in [0.2, 0.25) is 0 Å². The third-order valence-electron chi connectivity index (χ3n) is 4.73. The highest BCUT2D eigenvalue weighted by Crippen LogP contribution is 2.32. The van der Waals surface area contributed by atoms with Crippen molar-refractivity contribution in [1.29, 1.82) is 0 Å². The van der Waals surface area contributed by atoms with Crippen LogP contribution in [0.5, 0.6) is 5.75 Å². The molecule has 1 N–H and O–H groups in total. The number of rotatable bonds is 7. The van der Waals surface area contributed by atoms with Gasteiger partial charge in [-0.05, 0) is 37.0 Å². The normalized spacial score (nSPS) is 21.4. The van der Waals surface area contributed by atoms with E-state index in [-0.39, 0.29) is 19.1 Å². The zero-order valence-corrected chi connectivity index (χ0v) is 15.3. The van der Waals surface area contributed by atoms with Crippen LogP contribution in [0.1, 0.15) is 38.7 Å². The van der Waals surface area contributed by atoms with Gasteiger partial charge >= 0.3 is 5.97 Å². The van der Waals surface area contributed by atoms with E-state index in [1.54, 1.807) is 11.8 Å². The van der Waals surface area contributed by atoms with E-state index in [9.17, 15) is 14.7 Å². The van der Waals surface area contributed by atoms with E-state index in [2.05, 4.69) is 13.8 Å². The summed E-state index contributed by atoms with van der Waals surface area (Å²) < 4.78 is 10.9. The highest BCUT2D eigenvalue weighted by molar-refractivity contribution is 5.83. The van der Waals surface area contributed by atoms with Gasteiger partial charge in [-0.3, -0.25) is 9.59 Å². The maximum atomic E-state index is 12.7. The minimum atomic E-state index is -1.03. The first-order valence-corrected chi connectivity index (χ1v) is 8.57. The van der Waals surface area contributed by atoms with Crippen LogP contribution < -0.4 is 4.74 Å². The van der Waals surface area contributed by atoms with Crippen molar-refractivity contribution in [3.63, 3.8) is 0 Å². The topological polar surface area (TPSA) is 76.1 Å². The van der Waals surface area contributed by atoms with Crippen LogP contribution >= 0.6 is 0 Å². The molecule has 1 aromatic carbocycles. The second-order valence-electron chi connectivity index (χ2n) is 7.02. The Balaban J connectivity index is 2.03. The van der Waals surface area contributed by atoms with E-state index in [1.165, 1.54) is 7.11 Å². The molecule has 2 unspecified atom stereocenters. The second-order valence-corrected chi connectivity index (χ2v) is 7.02. The van der Waals surface area contributed by atoms with Gasteiger partial charge in [-0.1, -0.05) is 26.0 Å².